The molecule has 0 aromatic heterocycles. The summed E-state index contributed by atoms with van der Waals surface area (Å²) >= 11 is 0. The van der Waals surface area contributed by atoms with Gasteiger partial charge in [-0.25, -0.2) is 4.79 Å². The van der Waals surface area contributed by atoms with Gasteiger partial charge in [-0.05, 0) is 48.1 Å². The van der Waals surface area contributed by atoms with Crippen LogP contribution in [0.1, 0.15) is 43.4 Å². The minimum atomic E-state index is -0.579. The fourth-order valence-electron chi connectivity index (χ4n) is 2.70. The average Bonchev–Trinajstić information content (AvgIpc) is 2.65. The van der Waals surface area contributed by atoms with Crippen LogP contribution >= 0.6 is 0 Å². The molecule has 2 aromatic rings. The number of aryl methyl sites for hydroxylation is 2. The van der Waals surface area contributed by atoms with Crippen molar-refractivity contribution in [2.45, 2.75) is 40.0 Å². The van der Waals surface area contributed by atoms with Gasteiger partial charge in [0.2, 0.25) is 0 Å². The molecule has 0 bridgehead atoms. The zero-order chi connectivity index (χ0) is 19.8. The summed E-state index contributed by atoms with van der Waals surface area (Å²) in [5.74, 6) is -0.00267. The summed E-state index contributed by atoms with van der Waals surface area (Å²) in [6.07, 6.45) is 0.804. The van der Waals surface area contributed by atoms with E-state index in [-0.39, 0.29) is 25.0 Å². The Hall–Kier alpha value is -2.82. The lowest BCUT2D eigenvalue weighted by atomic mass is 10.0. The SMILES string of the molecule is CCc1ccccc1NC(=O)COC(=O)COc1cc(C)ccc1C(C)C. The number of hydrogen-bond acceptors (Lipinski definition) is 4. The predicted octanol–water partition coefficient (Wildman–Crippen LogP) is 4.24. The van der Waals surface area contributed by atoms with E-state index in [9.17, 15) is 9.59 Å². The number of nitrogens with one attached hydrogen (secondary N) is 1. The predicted molar refractivity (Wildman–Crippen MR) is 106 cm³/mol. The number of hydrogen-bond donors (Lipinski definition) is 1. The Bertz CT molecular complexity index is 799. The molecule has 144 valence electrons. The molecule has 0 spiro atoms. The summed E-state index contributed by atoms with van der Waals surface area (Å²) in [7, 11) is 0. The van der Waals surface area contributed by atoms with Gasteiger partial charge in [-0.15, -0.1) is 0 Å². The van der Waals surface area contributed by atoms with Gasteiger partial charge >= 0.3 is 5.97 Å². The van der Waals surface area contributed by atoms with Gasteiger partial charge in [-0.3, -0.25) is 4.79 Å². The lowest BCUT2D eigenvalue weighted by Gasteiger charge is -2.14. The first-order valence-electron chi connectivity index (χ1n) is 9.17. The van der Waals surface area contributed by atoms with Crippen LogP contribution in [0.5, 0.6) is 5.75 Å². The summed E-state index contributed by atoms with van der Waals surface area (Å²) in [6, 6.07) is 13.5. The Balaban J connectivity index is 1.84. The third kappa shape index (κ3) is 6.13. The first-order chi connectivity index (χ1) is 12.9. The minimum absolute atomic E-state index is 0.234. The van der Waals surface area contributed by atoms with Gasteiger partial charge in [-0.2, -0.15) is 0 Å². The van der Waals surface area contributed by atoms with Crippen LogP contribution in [0.3, 0.4) is 0 Å². The van der Waals surface area contributed by atoms with E-state index in [0.717, 1.165) is 28.8 Å². The normalized spacial score (nSPS) is 10.6. The molecular weight excluding hydrogens is 342 g/mol. The molecule has 0 unspecified atom stereocenters. The van der Waals surface area contributed by atoms with Crippen molar-refractivity contribution in [2.24, 2.45) is 0 Å². The highest BCUT2D eigenvalue weighted by molar-refractivity contribution is 5.93. The topological polar surface area (TPSA) is 64.6 Å². The second-order valence-electron chi connectivity index (χ2n) is 6.70. The van der Waals surface area contributed by atoms with E-state index in [1.165, 1.54) is 0 Å². The van der Waals surface area contributed by atoms with Gasteiger partial charge in [0.05, 0.1) is 0 Å². The Morgan fingerprint density at radius 2 is 1.81 bits per heavy atom. The van der Waals surface area contributed by atoms with Gasteiger partial charge < -0.3 is 14.8 Å². The number of amides is 1. The summed E-state index contributed by atoms with van der Waals surface area (Å²) in [4.78, 5) is 24.0. The van der Waals surface area contributed by atoms with Gasteiger partial charge in [0.25, 0.3) is 5.91 Å². The Kier molecular flexibility index (Phi) is 7.41. The van der Waals surface area contributed by atoms with Gasteiger partial charge in [-0.1, -0.05) is 51.1 Å². The summed E-state index contributed by atoms with van der Waals surface area (Å²) in [6.45, 7) is 7.53. The molecule has 0 aliphatic heterocycles. The molecule has 1 amide bonds. The second kappa shape index (κ2) is 9.76. The van der Waals surface area contributed by atoms with E-state index in [2.05, 4.69) is 19.2 Å². The molecule has 0 saturated heterocycles. The first kappa shape index (κ1) is 20.5. The number of benzene rings is 2. The number of carbonyl (C=O) groups excluding carboxylic acids is 2. The molecule has 5 heteroatoms. The molecule has 0 heterocycles. The molecule has 0 aliphatic rings. The van der Waals surface area contributed by atoms with Crippen molar-refractivity contribution in [3.05, 3.63) is 59.2 Å². The first-order valence-corrected chi connectivity index (χ1v) is 9.17. The van der Waals surface area contributed by atoms with Crippen molar-refractivity contribution in [3.8, 4) is 5.75 Å². The Morgan fingerprint density at radius 3 is 2.52 bits per heavy atom. The highest BCUT2D eigenvalue weighted by atomic mass is 16.6. The highest BCUT2D eigenvalue weighted by Gasteiger charge is 2.13. The second-order valence-corrected chi connectivity index (χ2v) is 6.70. The lowest BCUT2D eigenvalue weighted by Crippen LogP contribution is -2.24. The van der Waals surface area contributed by atoms with Crippen LogP contribution in [0.25, 0.3) is 0 Å². The number of para-hydroxylation sites is 1. The number of ether oxygens (including phenoxy) is 2. The molecule has 0 saturated carbocycles. The number of esters is 1. The molecule has 2 rings (SSSR count). The molecule has 0 atom stereocenters. The maximum absolute atomic E-state index is 12.0. The van der Waals surface area contributed by atoms with E-state index in [0.29, 0.717) is 5.75 Å². The standard InChI is InChI=1S/C22H27NO4/c1-5-17-8-6-7-9-19(17)23-21(24)13-27-22(25)14-26-20-12-16(4)10-11-18(20)15(2)3/h6-12,15H,5,13-14H2,1-4H3,(H,23,24). The lowest BCUT2D eigenvalue weighted by molar-refractivity contribution is -0.149. The minimum Gasteiger partial charge on any atom is -0.482 e. The third-order valence-electron chi connectivity index (χ3n) is 4.17. The fraction of sp³-hybridized carbons (Fsp3) is 0.364. The molecule has 1 N–H and O–H groups in total. The van der Waals surface area contributed by atoms with Crippen molar-refractivity contribution in [1.82, 2.24) is 0 Å². The Morgan fingerprint density at radius 1 is 1.07 bits per heavy atom. The molecular formula is C22H27NO4. The van der Waals surface area contributed by atoms with Crippen LogP contribution in [-0.2, 0) is 20.7 Å². The maximum Gasteiger partial charge on any atom is 0.344 e. The number of rotatable bonds is 8. The van der Waals surface area contributed by atoms with Crippen molar-refractivity contribution in [1.29, 1.82) is 0 Å². The van der Waals surface area contributed by atoms with Crippen LogP contribution in [0.15, 0.2) is 42.5 Å². The molecule has 0 aliphatic carbocycles. The van der Waals surface area contributed by atoms with Gasteiger partial charge in [0.1, 0.15) is 5.75 Å². The average molecular weight is 369 g/mol. The van der Waals surface area contributed by atoms with E-state index < -0.39 is 5.97 Å². The van der Waals surface area contributed by atoms with Crippen LogP contribution < -0.4 is 10.1 Å². The van der Waals surface area contributed by atoms with Crippen LogP contribution in [0.4, 0.5) is 5.69 Å². The quantitative estimate of drug-likeness (QED) is 0.707. The van der Waals surface area contributed by atoms with E-state index in [1.54, 1.807) is 0 Å². The van der Waals surface area contributed by atoms with Gasteiger partial charge in [0.15, 0.2) is 13.2 Å². The van der Waals surface area contributed by atoms with Crippen molar-refractivity contribution >= 4 is 17.6 Å². The molecule has 0 radical (unpaired) electrons. The Labute approximate surface area is 160 Å². The number of anilines is 1. The monoisotopic (exact) mass is 369 g/mol. The molecule has 27 heavy (non-hydrogen) atoms. The van der Waals surface area contributed by atoms with Crippen LogP contribution in [0.2, 0.25) is 0 Å². The van der Waals surface area contributed by atoms with Gasteiger partial charge in [0, 0.05) is 5.69 Å². The summed E-state index contributed by atoms with van der Waals surface area (Å²) in [5.41, 5.74) is 3.85. The maximum atomic E-state index is 12.0. The molecule has 0 fully saturated rings. The number of carbonyl (C=O) groups is 2. The van der Waals surface area contributed by atoms with E-state index in [1.807, 2.05) is 56.3 Å². The fourth-order valence-corrected chi connectivity index (χ4v) is 2.70. The zero-order valence-corrected chi connectivity index (χ0v) is 16.4. The summed E-state index contributed by atoms with van der Waals surface area (Å²) < 4.78 is 10.6. The van der Waals surface area contributed by atoms with Crippen LogP contribution in [0, 0.1) is 6.92 Å². The van der Waals surface area contributed by atoms with Crippen molar-refractivity contribution in [2.75, 3.05) is 18.5 Å². The highest BCUT2D eigenvalue weighted by Crippen LogP contribution is 2.27. The van der Waals surface area contributed by atoms with Crippen LogP contribution in [-0.4, -0.2) is 25.1 Å². The van der Waals surface area contributed by atoms with Crippen molar-refractivity contribution in [3.63, 3.8) is 0 Å². The van der Waals surface area contributed by atoms with E-state index >= 15 is 0 Å². The smallest absolute Gasteiger partial charge is 0.344 e. The molecule has 2 aromatic carbocycles. The third-order valence-corrected chi connectivity index (χ3v) is 4.17. The van der Waals surface area contributed by atoms with Crippen molar-refractivity contribution < 1.29 is 19.1 Å². The summed E-state index contributed by atoms with van der Waals surface area (Å²) in [5, 5.41) is 2.77. The zero-order valence-electron chi connectivity index (χ0n) is 16.4. The largest absolute Gasteiger partial charge is 0.482 e. The van der Waals surface area contributed by atoms with E-state index in [4.69, 9.17) is 9.47 Å². The molecule has 5 nitrogen and oxygen atoms in total.